The number of nitrogens with one attached hydrogen (secondary N) is 1. The number of carbonyl (C=O) groups excluding carboxylic acids is 1. The standard InChI is InChI=1S/C20H27N3O2S/c1-15(21-16(2)24)20(19-9-6-14-26-19)23-12-10-22(11-13-23)17-7-4-5-8-18(17)25-3/h4-9,14-15,20H,10-13H2,1-3H3,(H,21,24)/t15-,20-/m1/s1. The van der Waals surface area contributed by atoms with E-state index < -0.39 is 0 Å². The summed E-state index contributed by atoms with van der Waals surface area (Å²) in [5, 5.41) is 5.19. The van der Waals surface area contributed by atoms with Crippen molar-refractivity contribution >= 4 is 22.9 Å². The van der Waals surface area contributed by atoms with Gasteiger partial charge in [0.1, 0.15) is 5.75 Å². The molecule has 3 rings (SSSR count). The van der Waals surface area contributed by atoms with Crippen LogP contribution in [0.5, 0.6) is 5.75 Å². The molecule has 0 unspecified atom stereocenters. The van der Waals surface area contributed by atoms with E-state index in [4.69, 9.17) is 4.74 Å². The Hall–Kier alpha value is -2.05. The number of carbonyl (C=O) groups is 1. The molecule has 26 heavy (non-hydrogen) atoms. The lowest BCUT2D eigenvalue weighted by molar-refractivity contribution is -0.120. The van der Waals surface area contributed by atoms with Gasteiger partial charge in [-0.25, -0.2) is 0 Å². The fourth-order valence-electron chi connectivity index (χ4n) is 3.73. The van der Waals surface area contributed by atoms with Crippen molar-refractivity contribution in [2.24, 2.45) is 0 Å². The third-order valence-electron chi connectivity index (χ3n) is 4.87. The second-order valence-corrected chi connectivity index (χ2v) is 7.62. The van der Waals surface area contributed by atoms with Crippen LogP contribution < -0.4 is 15.0 Å². The van der Waals surface area contributed by atoms with Crippen LogP contribution in [0.4, 0.5) is 5.69 Å². The van der Waals surface area contributed by atoms with Crippen LogP contribution in [0.2, 0.25) is 0 Å². The summed E-state index contributed by atoms with van der Waals surface area (Å²) < 4.78 is 5.51. The number of anilines is 1. The van der Waals surface area contributed by atoms with Gasteiger partial charge >= 0.3 is 0 Å². The second-order valence-electron chi connectivity index (χ2n) is 6.64. The Morgan fingerprint density at radius 3 is 2.50 bits per heavy atom. The Morgan fingerprint density at radius 1 is 1.15 bits per heavy atom. The number of methoxy groups -OCH3 is 1. The van der Waals surface area contributed by atoms with Gasteiger partial charge in [-0.15, -0.1) is 11.3 Å². The highest BCUT2D eigenvalue weighted by Gasteiger charge is 2.30. The summed E-state index contributed by atoms with van der Waals surface area (Å²) in [5.74, 6) is 0.939. The molecule has 0 spiro atoms. The number of nitrogens with zero attached hydrogens (tertiary/aromatic N) is 2. The number of hydrogen-bond acceptors (Lipinski definition) is 5. The second kappa shape index (κ2) is 8.56. The highest BCUT2D eigenvalue weighted by Crippen LogP contribution is 2.32. The van der Waals surface area contributed by atoms with Crippen molar-refractivity contribution in [1.82, 2.24) is 10.2 Å². The summed E-state index contributed by atoms with van der Waals surface area (Å²) >= 11 is 1.76. The van der Waals surface area contributed by atoms with Crippen molar-refractivity contribution in [3.8, 4) is 5.75 Å². The van der Waals surface area contributed by atoms with Crippen molar-refractivity contribution in [2.45, 2.75) is 25.9 Å². The van der Waals surface area contributed by atoms with Crippen molar-refractivity contribution in [3.63, 3.8) is 0 Å². The zero-order chi connectivity index (χ0) is 18.5. The van der Waals surface area contributed by atoms with E-state index >= 15 is 0 Å². The Labute approximate surface area is 159 Å². The number of amides is 1. The Kier molecular flexibility index (Phi) is 6.16. The number of para-hydroxylation sites is 2. The molecule has 1 aromatic carbocycles. The first-order chi connectivity index (χ1) is 12.6. The molecular weight excluding hydrogens is 346 g/mol. The summed E-state index contributed by atoms with van der Waals surface area (Å²) in [4.78, 5) is 17.7. The average molecular weight is 374 g/mol. The molecule has 2 heterocycles. The molecule has 0 aliphatic carbocycles. The third-order valence-corrected chi connectivity index (χ3v) is 5.82. The maximum absolute atomic E-state index is 11.6. The number of piperazine rings is 1. The average Bonchev–Trinajstić information content (AvgIpc) is 3.16. The number of rotatable bonds is 6. The van der Waals surface area contributed by atoms with Gasteiger partial charge in [-0.2, -0.15) is 0 Å². The van der Waals surface area contributed by atoms with E-state index in [0.717, 1.165) is 37.6 Å². The highest BCUT2D eigenvalue weighted by atomic mass is 32.1. The van der Waals surface area contributed by atoms with Crippen molar-refractivity contribution in [1.29, 1.82) is 0 Å². The largest absolute Gasteiger partial charge is 0.495 e. The molecule has 0 bridgehead atoms. The van der Waals surface area contributed by atoms with Crippen LogP contribution in [0.15, 0.2) is 41.8 Å². The van der Waals surface area contributed by atoms with E-state index in [1.165, 1.54) is 4.88 Å². The van der Waals surface area contributed by atoms with E-state index in [1.807, 2.05) is 12.1 Å². The monoisotopic (exact) mass is 373 g/mol. The summed E-state index contributed by atoms with van der Waals surface area (Å²) in [7, 11) is 1.72. The summed E-state index contributed by atoms with van der Waals surface area (Å²) in [6, 6.07) is 12.7. The van der Waals surface area contributed by atoms with Crippen LogP contribution in [0.1, 0.15) is 24.8 Å². The van der Waals surface area contributed by atoms with Gasteiger partial charge in [-0.05, 0) is 30.5 Å². The zero-order valence-electron chi connectivity index (χ0n) is 15.6. The smallest absolute Gasteiger partial charge is 0.217 e. The molecule has 5 nitrogen and oxygen atoms in total. The van der Waals surface area contributed by atoms with E-state index in [-0.39, 0.29) is 18.0 Å². The fraction of sp³-hybridized carbons (Fsp3) is 0.450. The molecule has 0 saturated carbocycles. The predicted molar refractivity (Wildman–Crippen MR) is 107 cm³/mol. The van der Waals surface area contributed by atoms with Crippen molar-refractivity contribution in [3.05, 3.63) is 46.7 Å². The van der Waals surface area contributed by atoms with Crippen LogP contribution in [-0.2, 0) is 4.79 Å². The third kappa shape index (κ3) is 4.19. The Morgan fingerprint density at radius 2 is 1.88 bits per heavy atom. The van der Waals surface area contributed by atoms with Gasteiger partial charge in [0.2, 0.25) is 5.91 Å². The van der Waals surface area contributed by atoms with Gasteiger partial charge in [0, 0.05) is 44.0 Å². The SMILES string of the molecule is COc1ccccc1N1CCN([C@@H](c2cccs2)[C@@H](C)NC(C)=O)CC1. The molecule has 1 N–H and O–H groups in total. The number of hydrogen-bond donors (Lipinski definition) is 1. The Balaban J connectivity index is 1.72. The molecular formula is C20H27N3O2S. The van der Waals surface area contributed by atoms with E-state index in [1.54, 1.807) is 25.4 Å². The minimum Gasteiger partial charge on any atom is -0.495 e. The maximum Gasteiger partial charge on any atom is 0.217 e. The number of benzene rings is 1. The van der Waals surface area contributed by atoms with Gasteiger partial charge in [-0.1, -0.05) is 18.2 Å². The van der Waals surface area contributed by atoms with E-state index in [9.17, 15) is 4.79 Å². The minimum atomic E-state index is 0.0201. The topological polar surface area (TPSA) is 44.8 Å². The zero-order valence-corrected chi connectivity index (χ0v) is 16.5. The minimum absolute atomic E-state index is 0.0201. The first-order valence-electron chi connectivity index (χ1n) is 9.02. The fourth-order valence-corrected chi connectivity index (χ4v) is 4.70. The molecule has 6 heteroatoms. The van der Waals surface area contributed by atoms with Crippen LogP contribution in [-0.4, -0.2) is 50.1 Å². The quantitative estimate of drug-likeness (QED) is 0.845. The molecule has 1 amide bonds. The lowest BCUT2D eigenvalue weighted by atomic mass is 10.0. The number of thiophene rings is 1. The van der Waals surface area contributed by atoms with Crippen molar-refractivity contribution in [2.75, 3.05) is 38.2 Å². The van der Waals surface area contributed by atoms with Crippen LogP contribution in [0, 0.1) is 0 Å². The van der Waals surface area contributed by atoms with Crippen LogP contribution in [0.25, 0.3) is 0 Å². The molecule has 1 aliphatic heterocycles. The molecule has 1 aliphatic rings. The number of ether oxygens (including phenoxy) is 1. The highest BCUT2D eigenvalue weighted by molar-refractivity contribution is 7.10. The lowest BCUT2D eigenvalue weighted by Gasteiger charge is -2.42. The van der Waals surface area contributed by atoms with Crippen molar-refractivity contribution < 1.29 is 9.53 Å². The van der Waals surface area contributed by atoms with Crippen LogP contribution >= 0.6 is 11.3 Å². The predicted octanol–water partition coefficient (Wildman–Crippen LogP) is 3.14. The maximum atomic E-state index is 11.6. The van der Waals surface area contributed by atoms with E-state index in [2.05, 4.69) is 51.7 Å². The van der Waals surface area contributed by atoms with Gasteiger partial charge in [0.05, 0.1) is 18.8 Å². The molecule has 0 radical (unpaired) electrons. The first kappa shape index (κ1) is 18.7. The molecule has 140 valence electrons. The van der Waals surface area contributed by atoms with Gasteiger partial charge in [0.15, 0.2) is 0 Å². The molecule has 1 aromatic heterocycles. The molecule has 2 atom stereocenters. The first-order valence-corrected chi connectivity index (χ1v) is 9.90. The van der Waals surface area contributed by atoms with Crippen LogP contribution in [0.3, 0.4) is 0 Å². The molecule has 1 saturated heterocycles. The normalized spacial score (nSPS) is 17.6. The molecule has 1 fully saturated rings. The van der Waals surface area contributed by atoms with Gasteiger partial charge in [0.25, 0.3) is 0 Å². The van der Waals surface area contributed by atoms with Gasteiger partial charge < -0.3 is 15.0 Å². The molecule has 2 aromatic rings. The van der Waals surface area contributed by atoms with E-state index in [0.29, 0.717) is 0 Å². The summed E-state index contributed by atoms with van der Waals surface area (Å²) in [6.07, 6.45) is 0. The van der Waals surface area contributed by atoms with Gasteiger partial charge in [-0.3, -0.25) is 9.69 Å². The summed E-state index contributed by atoms with van der Waals surface area (Å²) in [5.41, 5.74) is 1.15. The Bertz CT molecular complexity index is 712. The lowest BCUT2D eigenvalue weighted by Crippen LogP contribution is -2.52. The summed E-state index contributed by atoms with van der Waals surface area (Å²) in [6.45, 7) is 7.46.